The molecule has 0 radical (unpaired) electrons. The maximum absolute atomic E-state index is 10.6. The molecule has 0 atom stereocenters. The first-order chi connectivity index (χ1) is 12.6. The maximum atomic E-state index is 10.6. The lowest BCUT2D eigenvalue weighted by atomic mass is 10.2. The van der Waals surface area contributed by atoms with Crippen molar-refractivity contribution in [1.29, 1.82) is 0 Å². The van der Waals surface area contributed by atoms with Crippen molar-refractivity contribution in [2.24, 2.45) is 10.8 Å². The number of rotatable bonds is 9. The van der Waals surface area contributed by atoms with Crippen LogP contribution >= 0.6 is 0 Å². The molecule has 0 aliphatic heterocycles. The Balaban J connectivity index is 1.92. The zero-order valence-corrected chi connectivity index (χ0v) is 14.9. The van der Waals surface area contributed by atoms with Crippen molar-refractivity contribution in [3.63, 3.8) is 0 Å². The van der Waals surface area contributed by atoms with Gasteiger partial charge in [-0.15, -0.1) is 0 Å². The summed E-state index contributed by atoms with van der Waals surface area (Å²) in [5.41, 5.74) is 8.98. The molecule has 0 aliphatic carbocycles. The molecule has 0 aliphatic rings. The number of carbonyl (C=O) groups is 1. The fraction of sp³-hybridized carbons (Fsp3) is 0.263. The molecule has 0 spiro atoms. The number of hydrogen-bond donors (Lipinski definition) is 2. The number of hydrogen-bond acceptors (Lipinski definition) is 5. The first-order valence-corrected chi connectivity index (χ1v) is 8.26. The van der Waals surface area contributed by atoms with Gasteiger partial charge < -0.3 is 19.9 Å². The summed E-state index contributed by atoms with van der Waals surface area (Å²) in [4.78, 5) is 10.6. The summed E-state index contributed by atoms with van der Waals surface area (Å²) in [7, 11) is 0. The van der Waals surface area contributed by atoms with Crippen LogP contribution in [0.2, 0.25) is 0 Å². The Labute approximate surface area is 152 Å². The molecule has 138 valence electrons. The van der Waals surface area contributed by atoms with Crippen molar-refractivity contribution < 1.29 is 19.0 Å². The predicted molar refractivity (Wildman–Crippen MR) is 100 cm³/mol. The highest BCUT2D eigenvalue weighted by Gasteiger charge is 2.06. The highest BCUT2D eigenvalue weighted by Crippen LogP contribution is 2.28. The van der Waals surface area contributed by atoms with Gasteiger partial charge in [0.25, 0.3) is 0 Å². The standard InChI is InChI=1S/C19H23N3O4/c1-3-24-18-12-15(13-21-22-19(20)23)7-8-17(18)26-10-9-25-16-6-4-5-14(2)11-16/h4-8,11-13H,3,9-10H2,1-2H3,(H3,20,22,23)/b21-13+. The average Bonchev–Trinajstić information content (AvgIpc) is 2.60. The highest BCUT2D eigenvalue weighted by molar-refractivity contribution is 5.82. The van der Waals surface area contributed by atoms with Gasteiger partial charge in [-0.05, 0) is 55.3 Å². The van der Waals surface area contributed by atoms with Crippen molar-refractivity contribution in [2.45, 2.75) is 13.8 Å². The second kappa shape index (κ2) is 9.93. The van der Waals surface area contributed by atoms with Crippen molar-refractivity contribution in [3.8, 4) is 17.2 Å². The molecule has 0 saturated heterocycles. The van der Waals surface area contributed by atoms with Gasteiger partial charge in [-0.3, -0.25) is 0 Å². The summed E-state index contributed by atoms with van der Waals surface area (Å²) in [6.07, 6.45) is 1.47. The Morgan fingerprint density at radius 2 is 1.92 bits per heavy atom. The third-order valence-electron chi connectivity index (χ3n) is 3.26. The highest BCUT2D eigenvalue weighted by atomic mass is 16.5. The maximum Gasteiger partial charge on any atom is 0.332 e. The molecular weight excluding hydrogens is 334 g/mol. The van der Waals surface area contributed by atoms with Crippen LogP contribution in [0.25, 0.3) is 0 Å². The fourth-order valence-corrected chi connectivity index (χ4v) is 2.18. The number of aryl methyl sites for hydroxylation is 1. The van der Waals surface area contributed by atoms with Crippen molar-refractivity contribution in [2.75, 3.05) is 19.8 Å². The normalized spacial score (nSPS) is 10.5. The molecule has 2 rings (SSSR count). The molecule has 0 heterocycles. The molecule has 0 unspecified atom stereocenters. The third kappa shape index (κ3) is 6.35. The van der Waals surface area contributed by atoms with Crippen LogP contribution in [0.3, 0.4) is 0 Å². The first-order valence-electron chi connectivity index (χ1n) is 8.26. The van der Waals surface area contributed by atoms with Gasteiger partial charge in [-0.1, -0.05) is 12.1 Å². The van der Waals surface area contributed by atoms with E-state index < -0.39 is 6.03 Å². The van der Waals surface area contributed by atoms with E-state index in [0.717, 1.165) is 16.9 Å². The summed E-state index contributed by atoms with van der Waals surface area (Å²) < 4.78 is 17.0. The predicted octanol–water partition coefficient (Wildman–Crippen LogP) is 2.85. The van der Waals surface area contributed by atoms with Gasteiger partial charge in [0.15, 0.2) is 11.5 Å². The Bertz CT molecular complexity index is 762. The van der Waals surface area contributed by atoms with E-state index in [9.17, 15) is 4.79 Å². The van der Waals surface area contributed by atoms with Gasteiger partial charge in [-0.25, -0.2) is 10.2 Å². The van der Waals surface area contributed by atoms with Gasteiger partial charge in [0.2, 0.25) is 0 Å². The lowest BCUT2D eigenvalue weighted by molar-refractivity contribution is 0.208. The van der Waals surface area contributed by atoms with Gasteiger partial charge >= 0.3 is 6.03 Å². The SMILES string of the molecule is CCOc1cc(/C=N/NC(N)=O)ccc1OCCOc1cccc(C)c1. The van der Waals surface area contributed by atoms with Crippen molar-refractivity contribution in [1.82, 2.24) is 5.43 Å². The van der Waals surface area contributed by atoms with Gasteiger partial charge in [0.1, 0.15) is 19.0 Å². The van der Waals surface area contributed by atoms with Gasteiger partial charge in [0, 0.05) is 0 Å². The summed E-state index contributed by atoms with van der Waals surface area (Å²) in [6.45, 7) is 5.20. The summed E-state index contributed by atoms with van der Waals surface area (Å²) in [5, 5.41) is 3.72. The Hall–Kier alpha value is -3.22. The molecule has 2 amide bonds. The Morgan fingerprint density at radius 1 is 1.12 bits per heavy atom. The molecule has 0 fully saturated rings. The number of nitrogens with two attached hydrogens (primary N) is 1. The van der Waals surface area contributed by atoms with E-state index in [1.807, 2.05) is 38.1 Å². The quantitative estimate of drug-likeness (QED) is 0.410. The Morgan fingerprint density at radius 3 is 2.65 bits per heavy atom. The number of benzene rings is 2. The van der Waals surface area contributed by atoms with Crippen LogP contribution in [0, 0.1) is 6.92 Å². The van der Waals surface area contributed by atoms with Crippen molar-refractivity contribution >= 4 is 12.2 Å². The zero-order chi connectivity index (χ0) is 18.8. The fourth-order valence-electron chi connectivity index (χ4n) is 2.18. The number of amides is 2. The van der Waals surface area contributed by atoms with E-state index in [2.05, 4.69) is 10.5 Å². The minimum atomic E-state index is -0.722. The van der Waals surface area contributed by atoms with Crippen LogP contribution in [0.5, 0.6) is 17.2 Å². The molecular formula is C19H23N3O4. The van der Waals surface area contributed by atoms with Crippen LogP contribution < -0.4 is 25.4 Å². The zero-order valence-electron chi connectivity index (χ0n) is 14.9. The van der Waals surface area contributed by atoms with Crippen LogP contribution in [0.15, 0.2) is 47.6 Å². The van der Waals surface area contributed by atoms with E-state index in [1.165, 1.54) is 6.21 Å². The largest absolute Gasteiger partial charge is 0.490 e. The minimum Gasteiger partial charge on any atom is -0.490 e. The minimum absolute atomic E-state index is 0.380. The van der Waals surface area contributed by atoms with E-state index in [0.29, 0.717) is 31.3 Å². The molecule has 3 N–H and O–H groups in total. The smallest absolute Gasteiger partial charge is 0.332 e. The number of carbonyl (C=O) groups excluding carboxylic acids is 1. The Kier molecular flexibility index (Phi) is 7.30. The molecule has 2 aromatic rings. The van der Waals surface area contributed by atoms with Crippen LogP contribution in [-0.2, 0) is 0 Å². The number of ether oxygens (including phenoxy) is 3. The summed E-state index contributed by atoms with van der Waals surface area (Å²) in [5.74, 6) is 2.01. The molecule has 7 heteroatoms. The summed E-state index contributed by atoms with van der Waals surface area (Å²) >= 11 is 0. The molecule has 0 bridgehead atoms. The van der Waals surface area contributed by atoms with E-state index in [4.69, 9.17) is 19.9 Å². The lowest BCUT2D eigenvalue weighted by Crippen LogP contribution is -2.24. The second-order valence-electron chi connectivity index (χ2n) is 5.39. The first kappa shape index (κ1) is 19.1. The average molecular weight is 357 g/mol. The number of primary amides is 1. The van der Waals surface area contributed by atoms with Crippen LogP contribution in [0.1, 0.15) is 18.1 Å². The monoisotopic (exact) mass is 357 g/mol. The summed E-state index contributed by atoms with van der Waals surface area (Å²) in [6, 6.07) is 12.5. The molecule has 7 nitrogen and oxygen atoms in total. The molecule has 0 aromatic heterocycles. The third-order valence-corrected chi connectivity index (χ3v) is 3.26. The molecule has 2 aromatic carbocycles. The molecule has 0 saturated carbocycles. The van der Waals surface area contributed by atoms with Crippen LogP contribution in [-0.4, -0.2) is 32.1 Å². The van der Waals surface area contributed by atoms with E-state index in [-0.39, 0.29) is 0 Å². The molecule has 26 heavy (non-hydrogen) atoms. The van der Waals surface area contributed by atoms with Crippen molar-refractivity contribution in [3.05, 3.63) is 53.6 Å². The lowest BCUT2D eigenvalue weighted by Gasteiger charge is -2.13. The number of nitrogens with zero attached hydrogens (tertiary/aromatic N) is 1. The van der Waals surface area contributed by atoms with Gasteiger partial charge in [0.05, 0.1) is 12.8 Å². The van der Waals surface area contributed by atoms with E-state index >= 15 is 0 Å². The van der Waals surface area contributed by atoms with Gasteiger partial charge in [-0.2, -0.15) is 5.10 Å². The number of urea groups is 1. The number of hydrazone groups is 1. The van der Waals surface area contributed by atoms with E-state index in [1.54, 1.807) is 18.2 Å². The van der Waals surface area contributed by atoms with Crippen LogP contribution in [0.4, 0.5) is 4.79 Å². The number of nitrogens with one attached hydrogen (secondary N) is 1. The topological polar surface area (TPSA) is 95.2 Å². The second-order valence-corrected chi connectivity index (χ2v) is 5.39.